The number of fused-ring (bicyclic) bond motifs is 1. The molecule has 0 atom stereocenters. The van der Waals surface area contributed by atoms with Crippen molar-refractivity contribution < 1.29 is 23.0 Å². The smallest absolute Gasteiger partial charge is 0.188 e. The fraction of sp³-hybridized carbons (Fsp3) is 0.417. The second kappa shape index (κ2) is 10.4. The molecular formula is C24H28ClF2NO3. The van der Waals surface area contributed by atoms with Crippen molar-refractivity contribution in [3.8, 4) is 11.4 Å². The Morgan fingerprint density at radius 1 is 1.10 bits per heavy atom. The number of aromatic nitrogens is 1. The minimum atomic E-state index is -0.891. The van der Waals surface area contributed by atoms with E-state index in [-0.39, 0.29) is 12.7 Å². The van der Waals surface area contributed by atoms with Crippen LogP contribution in [0.25, 0.3) is 16.6 Å². The SMILES string of the molecule is CC.COCOc1cc(Cl)cc2c1c(C)c(C1CCOCC1)n2-c1ccc(F)c(F)c1. The first kappa shape index (κ1) is 23.5. The highest BCUT2D eigenvalue weighted by Crippen LogP contribution is 2.42. The van der Waals surface area contributed by atoms with Crippen molar-refractivity contribution in [3.05, 3.63) is 58.2 Å². The number of hydrogen-bond donors (Lipinski definition) is 0. The van der Waals surface area contributed by atoms with Crippen LogP contribution in [0.3, 0.4) is 0 Å². The lowest BCUT2D eigenvalue weighted by molar-refractivity contribution is 0.0522. The molecule has 0 aliphatic carbocycles. The van der Waals surface area contributed by atoms with Gasteiger partial charge in [0.25, 0.3) is 0 Å². The molecule has 1 fully saturated rings. The molecule has 0 N–H and O–H groups in total. The third-order valence-corrected chi connectivity index (χ3v) is 5.61. The van der Waals surface area contributed by atoms with Crippen LogP contribution in [0.4, 0.5) is 8.78 Å². The van der Waals surface area contributed by atoms with E-state index in [9.17, 15) is 8.78 Å². The Kier molecular flexibility index (Phi) is 7.92. The zero-order chi connectivity index (χ0) is 22.5. The molecule has 3 aromatic rings. The van der Waals surface area contributed by atoms with Crippen LogP contribution in [-0.4, -0.2) is 31.7 Å². The molecule has 0 spiro atoms. The molecule has 0 saturated carbocycles. The van der Waals surface area contributed by atoms with Crippen LogP contribution in [-0.2, 0) is 9.47 Å². The largest absolute Gasteiger partial charge is 0.467 e. The predicted octanol–water partition coefficient (Wildman–Crippen LogP) is 6.77. The van der Waals surface area contributed by atoms with Crippen molar-refractivity contribution in [3.63, 3.8) is 0 Å². The second-order valence-electron chi connectivity index (χ2n) is 7.18. The first-order valence-corrected chi connectivity index (χ1v) is 10.9. The maximum absolute atomic E-state index is 14.1. The Morgan fingerprint density at radius 2 is 1.81 bits per heavy atom. The number of aryl methyl sites for hydroxylation is 1. The monoisotopic (exact) mass is 451 g/mol. The molecule has 0 amide bonds. The molecule has 0 radical (unpaired) electrons. The van der Waals surface area contributed by atoms with Gasteiger partial charge in [-0.05, 0) is 49.6 Å². The van der Waals surface area contributed by atoms with Crippen molar-refractivity contribution >= 4 is 22.5 Å². The van der Waals surface area contributed by atoms with Crippen molar-refractivity contribution in [1.82, 2.24) is 4.57 Å². The maximum atomic E-state index is 14.1. The minimum absolute atomic E-state index is 0.0812. The van der Waals surface area contributed by atoms with Gasteiger partial charge in [0.15, 0.2) is 18.4 Å². The number of nitrogens with zero attached hydrogens (tertiary/aromatic N) is 1. The summed E-state index contributed by atoms with van der Waals surface area (Å²) in [4.78, 5) is 0. The summed E-state index contributed by atoms with van der Waals surface area (Å²) < 4.78 is 46.0. The van der Waals surface area contributed by atoms with Gasteiger partial charge in [-0.3, -0.25) is 0 Å². The zero-order valence-electron chi connectivity index (χ0n) is 18.3. The van der Waals surface area contributed by atoms with Crippen LogP contribution in [0.15, 0.2) is 30.3 Å². The number of methoxy groups -OCH3 is 1. The zero-order valence-corrected chi connectivity index (χ0v) is 19.1. The van der Waals surface area contributed by atoms with Gasteiger partial charge in [-0.25, -0.2) is 8.78 Å². The van der Waals surface area contributed by atoms with E-state index < -0.39 is 11.6 Å². The molecule has 2 aromatic carbocycles. The van der Waals surface area contributed by atoms with Gasteiger partial charge in [0, 0.05) is 54.1 Å². The molecule has 1 aliphatic heterocycles. The highest BCUT2D eigenvalue weighted by atomic mass is 35.5. The van der Waals surface area contributed by atoms with E-state index in [2.05, 4.69) is 0 Å². The molecule has 31 heavy (non-hydrogen) atoms. The fourth-order valence-corrected chi connectivity index (χ4v) is 4.35. The number of ether oxygens (including phenoxy) is 3. The Bertz CT molecular complexity index is 1050. The third kappa shape index (κ3) is 4.71. The molecule has 4 rings (SSSR count). The molecule has 7 heteroatoms. The summed E-state index contributed by atoms with van der Waals surface area (Å²) in [5.74, 6) is -0.950. The highest BCUT2D eigenvalue weighted by Gasteiger charge is 2.27. The highest BCUT2D eigenvalue weighted by molar-refractivity contribution is 6.31. The van der Waals surface area contributed by atoms with Gasteiger partial charge in [0.1, 0.15) is 5.75 Å². The number of halogens is 3. The van der Waals surface area contributed by atoms with Crippen LogP contribution >= 0.6 is 11.6 Å². The van der Waals surface area contributed by atoms with Crippen LogP contribution in [0.5, 0.6) is 5.75 Å². The Labute approximate surface area is 186 Å². The van der Waals surface area contributed by atoms with Crippen LogP contribution in [0.2, 0.25) is 5.02 Å². The first-order valence-electron chi connectivity index (χ1n) is 10.5. The summed E-state index contributed by atoms with van der Waals surface area (Å²) in [6.07, 6.45) is 1.70. The van der Waals surface area contributed by atoms with Gasteiger partial charge < -0.3 is 18.8 Å². The quantitative estimate of drug-likeness (QED) is 0.401. The summed E-state index contributed by atoms with van der Waals surface area (Å²) in [5.41, 5.74) is 3.40. The molecule has 1 aliphatic rings. The van der Waals surface area contributed by atoms with Crippen molar-refractivity contribution in [2.45, 2.75) is 39.5 Å². The third-order valence-electron chi connectivity index (χ3n) is 5.39. The Hall–Kier alpha value is -2.15. The van der Waals surface area contributed by atoms with Crippen LogP contribution in [0.1, 0.15) is 43.9 Å². The van der Waals surface area contributed by atoms with Crippen molar-refractivity contribution in [2.24, 2.45) is 0 Å². The van der Waals surface area contributed by atoms with Gasteiger partial charge in [0.2, 0.25) is 0 Å². The predicted molar refractivity (Wildman–Crippen MR) is 120 cm³/mol. The second-order valence-corrected chi connectivity index (χ2v) is 7.62. The lowest BCUT2D eigenvalue weighted by atomic mass is 9.93. The van der Waals surface area contributed by atoms with Crippen molar-refractivity contribution in [2.75, 3.05) is 27.1 Å². The standard InChI is InChI=1S/C22H22ClF2NO3.C2H6/c1-13-21-19(9-15(23)10-20(21)29-12-27-2)26(16-3-4-17(24)18(25)11-16)22(13)14-5-7-28-8-6-14;1-2/h3-4,9-11,14H,5-8,12H2,1-2H3;1-2H3. The minimum Gasteiger partial charge on any atom is -0.467 e. The van der Waals surface area contributed by atoms with E-state index in [1.165, 1.54) is 6.07 Å². The van der Waals surface area contributed by atoms with Crippen molar-refractivity contribution in [1.29, 1.82) is 0 Å². The number of hydrogen-bond acceptors (Lipinski definition) is 3. The molecule has 0 bridgehead atoms. The van der Waals surface area contributed by atoms with E-state index in [0.717, 1.165) is 41.1 Å². The van der Waals surface area contributed by atoms with Gasteiger partial charge in [0.05, 0.1) is 5.52 Å². The van der Waals surface area contributed by atoms with Gasteiger partial charge in [-0.2, -0.15) is 0 Å². The van der Waals surface area contributed by atoms with E-state index in [1.807, 2.05) is 31.4 Å². The first-order chi connectivity index (χ1) is 15.0. The molecule has 1 aromatic heterocycles. The summed E-state index contributed by atoms with van der Waals surface area (Å²) >= 11 is 6.38. The summed E-state index contributed by atoms with van der Waals surface area (Å²) in [6.45, 7) is 7.43. The maximum Gasteiger partial charge on any atom is 0.188 e. The number of benzene rings is 2. The van der Waals surface area contributed by atoms with E-state index in [4.69, 9.17) is 25.8 Å². The molecule has 168 valence electrons. The summed E-state index contributed by atoms with van der Waals surface area (Å²) in [7, 11) is 1.55. The number of rotatable bonds is 5. The van der Waals surface area contributed by atoms with Crippen LogP contribution < -0.4 is 4.74 Å². The van der Waals surface area contributed by atoms with Gasteiger partial charge >= 0.3 is 0 Å². The molecule has 1 saturated heterocycles. The van der Waals surface area contributed by atoms with E-state index in [1.54, 1.807) is 19.2 Å². The molecule has 4 nitrogen and oxygen atoms in total. The Balaban J connectivity index is 0.00000132. The topological polar surface area (TPSA) is 32.6 Å². The normalized spacial score (nSPS) is 14.4. The lowest BCUT2D eigenvalue weighted by Gasteiger charge is -2.25. The van der Waals surface area contributed by atoms with Gasteiger partial charge in [-0.15, -0.1) is 0 Å². The fourth-order valence-electron chi connectivity index (χ4n) is 4.15. The molecular weight excluding hydrogens is 424 g/mol. The lowest BCUT2D eigenvalue weighted by Crippen LogP contribution is -2.17. The van der Waals surface area contributed by atoms with E-state index >= 15 is 0 Å². The summed E-state index contributed by atoms with van der Waals surface area (Å²) in [6, 6.07) is 7.52. The Morgan fingerprint density at radius 3 is 2.45 bits per heavy atom. The summed E-state index contributed by atoms with van der Waals surface area (Å²) in [5, 5.41) is 1.38. The van der Waals surface area contributed by atoms with Gasteiger partial charge in [-0.1, -0.05) is 25.4 Å². The average molecular weight is 452 g/mol. The van der Waals surface area contributed by atoms with Crippen LogP contribution in [0, 0.1) is 18.6 Å². The molecule has 0 unspecified atom stereocenters. The molecule has 2 heterocycles. The average Bonchev–Trinajstić information content (AvgIpc) is 3.08. The van der Waals surface area contributed by atoms with E-state index in [0.29, 0.717) is 29.7 Å².